The first kappa shape index (κ1) is 15.3. The fourth-order valence-electron chi connectivity index (χ4n) is 2.49. The number of hydrogen-bond acceptors (Lipinski definition) is 4. The summed E-state index contributed by atoms with van der Waals surface area (Å²) in [5.41, 5.74) is 0.923. The molecule has 1 heterocycles. The lowest BCUT2D eigenvalue weighted by Gasteiger charge is -2.26. The van der Waals surface area contributed by atoms with E-state index in [9.17, 15) is 8.42 Å². The number of nitrogens with one attached hydrogen (secondary N) is 1. The smallest absolute Gasteiger partial charge is 0.243 e. The largest absolute Gasteiger partial charge is 0.385 e. The summed E-state index contributed by atoms with van der Waals surface area (Å²) >= 11 is 0. The van der Waals surface area contributed by atoms with Crippen molar-refractivity contribution < 1.29 is 13.2 Å². The summed E-state index contributed by atoms with van der Waals surface area (Å²) in [6.45, 7) is 5.34. The fourth-order valence-corrected chi connectivity index (χ4v) is 3.94. The zero-order chi connectivity index (χ0) is 14.8. The maximum Gasteiger partial charge on any atom is 0.243 e. The van der Waals surface area contributed by atoms with Crippen LogP contribution in [0.15, 0.2) is 29.2 Å². The molecule has 0 aromatic heterocycles. The zero-order valence-corrected chi connectivity index (χ0v) is 13.0. The number of nitrogens with zero attached hydrogens (tertiary/aromatic N) is 1. The second kappa shape index (κ2) is 6.11. The lowest BCUT2D eigenvalue weighted by Crippen LogP contribution is -2.40. The highest BCUT2D eigenvalue weighted by molar-refractivity contribution is 7.89. The van der Waals surface area contributed by atoms with Crippen molar-refractivity contribution >= 4 is 15.7 Å². The van der Waals surface area contributed by atoms with Gasteiger partial charge >= 0.3 is 0 Å². The molecule has 1 aromatic rings. The maximum absolute atomic E-state index is 12.6. The predicted octanol–water partition coefficient (Wildman–Crippen LogP) is 1.92. The standard InChI is InChI=1S/C14H22N2O3S/c1-4-15-12-5-7-13(8-6-12)20(17,18)16(3)14-9-10-19-11(14)2/h5-8,11,14-15H,4,9-10H2,1-3H3. The molecule has 5 nitrogen and oxygen atoms in total. The molecule has 0 amide bonds. The Morgan fingerprint density at radius 2 is 2.00 bits per heavy atom. The molecule has 0 bridgehead atoms. The van der Waals surface area contributed by atoms with Crippen LogP contribution in [0, 0.1) is 0 Å². The Morgan fingerprint density at radius 1 is 1.35 bits per heavy atom. The van der Waals surface area contributed by atoms with E-state index in [1.165, 1.54) is 4.31 Å². The molecule has 0 aliphatic carbocycles. The van der Waals surface area contributed by atoms with Crippen LogP contribution >= 0.6 is 0 Å². The third-order valence-corrected chi connectivity index (χ3v) is 5.61. The Labute approximate surface area is 121 Å². The van der Waals surface area contributed by atoms with Crippen molar-refractivity contribution in [2.24, 2.45) is 0 Å². The molecule has 1 N–H and O–H groups in total. The summed E-state index contributed by atoms with van der Waals surface area (Å²) in [4.78, 5) is 0.320. The van der Waals surface area contributed by atoms with Crippen molar-refractivity contribution in [1.82, 2.24) is 4.31 Å². The second-order valence-electron chi connectivity index (χ2n) is 5.01. The van der Waals surface area contributed by atoms with Gasteiger partial charge in [-0.1, -0.05) is 0 Å². The minimum Gasteiger partial charge on any atom is -0.385 e. The van der Waals surface area contributed by atoms with Gasteiger partial charge in [0.05, 0.1) is 17.0 Å². The molecule has 0 saturated carbocycles. The summed E-state index contributed by atoms with van der Waals surface area (Å²) in [5.74, 6) is 0. The summed E-state index contributed by atoms with van der Waals surface area (Å²) in [6.07, 6.45) is 0.683. The molecule has 1 aromatic carbocycles. The maximum atomic E-state index is 12.6. The fraction of sp³-hybridized carbons (Fsp3) is 0.571. The molecule has 1 saturated heterocycles. The van der Waals surface area contributed by atoms with Gasteiger partial charge in [-0.2, -0.15) is 4.31 Å². The number of hydrogen-bond donors (Lipinski definition) is 1. The highest BCUT2D eigenvalue weighted by Gasteiger charge is 2.35. The quantitative estimate of drug-likeness (QED) is 0.902. The summed E-state index contributed by atoms with van der Waals surface area (Å²) in [7, 11) is -1.83. The molecule has 2 rings (SSSR count). The summed E-state index contributed by atoms with van der Waals surface area (Å²) in [5, 5.41) is 3.15. The predicted molar refractivity (Wildman–Crippen MR) is 79.4 cm³/mol. The van der Waals surface area contributed by atoms with Gasteiger partial charge in [0.15, 0.2) is 0 Å². The molecule has 1 aliphatic heterocycles. The van der Waals surface area contributed by atoms with E-state index in [1.807, 2.05) is 13.8 Å². The lowest BCUT2D eigenvalue weighted by atomic mass is 10.2. The number of anilines is 1. The number of ether oxygens (including phenoxy) is 1. The molecular formula is C14H22N2O3S. The highest BCUT2D eigenvalue weighted by Crippen LogP contribution is 2.25. The minimum absolute atomic E-state index is 0.0594. The van der Waals surface area contributed by atoms with Crippen molar-refractivity contribution in [3.8, 4) is 0 Å². The summed E-state index contributed by atoms with van der Waals surface area (Å²) < 4.78 is 32.1. The third-order valence-electron chi connectivity index (χ3n) is 3.72. The van der Waals surface area contributed by atoms with Gasteiger partial charge in [0, 0.05) is 25.9 Å². The van der Waals surface area contributed by atoms with Gasteiger partial charge in [0.25, 0.3) is 0 Å². The van der Waals surface area contributed by atoms with Gasteiger partial charge < -0.3 is 10.1 Å². The van der Waals surface area contributed by atoms with Crippen LogP contribution in [0.3, 0.4) is 0 Å². The van der Waals surface area contributed by atoms with Crippen LogP contribution in [0.25, 0.3) is 0 Å². The topological polar surface area (TPSA) is 58.6 Å². The molecule has 2 unspecified atom stereocenters. The number of likely N-dealkylation sites (N-methyl/N-ethyl adjacent to an activating group) is 1. The highest BCUT2D eigenvalue weighted by atomic mass is 32.2. The zero-order valence-electron chi connectivity index (χ0n) is 12.2. The van der Waals surface area contributed by atoms with Crippen LogP contribution in [0.5, 0.6) is 0 Å². The van der Waals surface area contributed by atoms with Crippen LogP contribution in [0.4, 0.5) is 5.69 Å². The Bertz CT molecular complexity index is 542. The lowest BCUT2D eigenvalue weighted by molar-refractivity contribution is 0.102. The van der Waals surface area contributed by atoms with Gasteiger partial charge in [-0.25, -0.2) is 8.42 Å². The van der Waals surface area contributed by atoms with E-state index in [1.54, 1.807) is 31.3 Å². The van der Waals surface area contributed by atoms with Gasteiger partial charge in [0.2, 0.25) is 10.0 Å². The van der Waals surface area contributed by atoms with Crippen LogP contribution in [0.1, 0.15) is 20.3 Å². The molecule has 2 atom stereocenters. The van der Waals surface area contributed by atoms with E-state index in [-0.39, 0.29) is 12.1 Å². The molecule has 20 heavy (non-hydrogen) atoms. The molecular weight excluding hydrogens is 276 g/mol. The van der Waals surface area contributed by atoms with Crippen molar-refractivity contribution in [3.63, 3.8) is 0 Å². The van der Waals surface area contributed by atoms with Crippen molar-refractivity contribution in [2.45, 2.75) is 37.3 Å². The molecule has 1 aliphatic rings. The number of sulfonamides is 1. The van der Waals surface area contributed by atoms with Crippen molar-refractivity contribution in [1.29, 1.82) is 0 Å². The van der Waals surface area contributed by atoms with Gasteiger partial charge in [-0.05, 0) is 44.5 Å². The Hall–Kier alpha value is -1.11. The van der Waals surface area contributed by atoms with E-state index in [4.69, 9.17) is 4.74 Å². The average molecular weight is 298 g/mol. The minimum atomic E-state index is -3.46. The monoisotopic (exact) mass is 298 g/mol. The SMILES string of the molecule is CCNc1ccc(S(=O)(=O)N(C)C2CCOC2C)cc1. The second-order valence-corrected chi connectivity index (χ2v) is 7.01. The number of benzene rings is 1. The first-order valence-corrected chi connectivity index (χ1v) is 8.34. The van der Waals surface area contributed by atoms with E-state index < -0.39 is 10.0 Å². The van der Waals surface area contributed by atoms with Crippen LogP contribution < -0.4 is 5.32 Å². The van der Waals surface area contributed by atoms with E-state index >= 15 is 0 Å². The molecule has 6 heteroatoms. The molecule has 112 valence electrons. The van der Waals surface area contributed by atoms with Crippen molar-refractivity contribution in [2.75, 3.05) is 25.5 Å². The first-order chi connectivity index (χ1) is 9.46. The molecule has 0 radical (unpaired) electrons. The summed E-state index contributed by atoms with van der Waals surface area (Å²) in [6, 6.07) is 6.78. The van der Waals surface area contributed by atoms with E-state index in [0.29, 0.717) is 11.5 Å². The molecule has 1 fully saturated rings. The number of rotatable bonds is 5. The normalized spacial score (nSPS) is 23.2. The Morgan fingerprint density at radius 3 is 2.50 bits per heavy atom. The first-order valence-electron chi connectivity index (χ1n) is 6.90. The Kier molecular flexibility index (Phi) is 4.67. The van der Waals surface area contributed by atoms with Crippen molar-refractivity contribution in [3.05, 3.63) is 24.3 Å². The third kappa shape index (κ3) is 2.97. The van der Waals surface area contributed by atoms with E-state index in [0.717, 1.165) is 18.7 Å². The van der Waals surface area contributed by atoms with Crippen LogP contribution in [-0.2, 0) is 14.8 Å². The van der Waals surface area contributed by atoms with E-state index in [2.05, 4.69) is 5.32 Å². The van der Waals surface area contributed by atoms with Crippen LogP contribution in [-0.4, -0.2) is 45.1 Å². The van der Waals surface area contributed by atoms with Gasteiger partial charge in [0.1, 0.15) is 0 Å². The average Bonchev–Trinajstić information content (AvgIpc) is 2.85. The van der Waals surface area contributed by atoms with Crippen LogP contribution in [0.2, 0.25) is 0 Å². The Balaban J connectivity index is 2.20. The van der Waals surface area contributed by atoms with Gasteiger partial charge in [-0.3, -0.25) is 0 Å². The molecule has 0 spiro atoms. The van der Waals surface area contributed by atoms with Gasteiger partial charge in [-0.15, -0.1) is 0 Å².